The summed E-state index contributed by atoms with van der Waals surface area (Å²) < 4.78 is 0. The van der Waals surface area contributed by atoms with Gasteiger partial charge < -0.3 is 10.6 Å². The monoisotopic (exact) mass is 169 g/mol. The summed E-state index contributed by atoms with van der Waals surface area (Å²) in [6.07, 6.45) is 1.68. The summed E-state index contributed by atoms with van der Waals surface area (Å²) in [7, 11) is 0. The second-order valence-corrected chi connectivity index (χ2v) is 3.24. The van der Waals surface area contributed by atoms with E-state index in [0.29, 0.717) is 0 Å². The standard InChI is InChI=1S/C8H15N3O/c1-6(12)11-4-2-7(3-5-11)8(9)10/h7H,2-5H2,1H3,(H3,9,10). The fraction of sp³-hybridized carbons (Fsp3) is 0.750. The van der Waals surface area contributed by atoms with Crippen LogP contribution in [0.1, 0.15) is 19.8 Å². The highest BCUT2D eigenvalue weighted by atomic mass is 16.2. The molecule has 1 saturated heterocycles. The minimum absolute atomic E-state index is 0.122. The Labute approximate surface area is 72.2 Å². The van der Waals surface area contributed by atoms with Crippen molar-refractivity contribution in [3.05, 3.63) is 0 Å². The Morgan fingerprint density at radius 2 is 2.00 bits per heavy atom. The van der Waals surface area contributed by atoms with Crippen LogP contribution in [0.25, 0.3) is 0 Å². The molecule has 0 unspecified atom stereocenters. The van der Waals surface area contributed by atoms with E-state index in [1.807, 2.05) is 0 Å². The lowest BCUT2D eigenvalue weighted by Crippen LogP contribution is -2.40. The zero-order valence-corrected chi connectivity index (χ0v) is 7.34. The lowest BCUT2D eigenvalue weighted by atomic mass is 9.96. The summed E-state index contributed by atoms with van der Waals surface area (Å²) >= 11 is 0. The van der Waals surface area contributed by atoms with Gasteiger partial charge in [-0.15, -0.1) is 0 Å². The minimum Gasteiger partial charge on any atom is -0.387 e. The number of carbonyl (C=O) groups is 1. The molecule has 1 aliphatic heterocycles. The number of nitrogens with two attached hydrogens (primary N) is 1. The molecule has 68 valence electrons. The number of rotatable bonds is 1. The number of piperidine rings is 1. The van der Waals surface area contributed by atoms with E-state index in [-0.39, 0.29) is 17.7 Å². The number of likely N-dealkylation sites (tertiary alicyclic amines) is 1. The SMILES string of the molecule is CC(=O)N1CCC(C(=N)N)CC1. The highest BCUT2D eigenvalue weighted by Gasteiger charge is 2.21. The van der Waals surface area contributed by atoms with Crippen LogP contribution in [0.3, 0.4) is 0 Å². The third-order valence-corrected chi connectivity index (χ3v) is 2.38. The molecule has 0 saturated carbocycles. The minimum atomic E-state index is 0.122. The van der Waals surface area contributed by atoms with Gasteiger partial charge in [-0.3, -0.25) is 10.2 Å². The van der Waals surface area contributed by atoms with Gasteiger partial charge in [0.15, 0.2) is 0 Å². The number of amidine groups is 1. The van der Waals surface area contributed by atoms with Crippen molar-refractivity contribution in [3.63, 3.8) is 0 Å². The summed E-state index contributed by atoms with van der Waals surface area (Å²) in [6, 6.07) is 0. The number of nitrogens with zero attached hydrogens (tertiary/aromatic N) is 1. The predicted octanol–water partition coefficient (Wildman–Crippen LogP) is 0.181. The van der Waals surface area contributed by atoms with Crippen molar-refractivity contribution in [1.82, 2.24) is 4.90 Å². The van der Waals surface area contributed by atoms with Crippen LogP contribution in [0.2, 0.25) is 0 Å². The molecule has 0 aromatic heterocycles. The molecule has 4 nitrogen and oxygen atoms in total. The fourth-order valence-electron chi connectivity index (χ4n) is 1.51. The van der Waals surface area contributed by atoms with E-state index in [1.165, 1.54) is 0 Å². The first-order valence-electron chi connectivity index (χ1n) is 4.20. The van der Waals surface area contributed by atoms with Crippen LogP contribution in [-0.2, 0) is 4.79 Å². The van der Waals surface area contributed by atoms with Crippen LogP contribution in [-0.4, -0.2) is 29.7 Å². The smallest absolute Gasteiger partial charge is 0.219 e. The Kier molecular flexibility index (Phi) is 2.68. The summed E-state index contributed by atoms with van der Waals surface area (Å²) in [4.78, 5) is 12.7. The second-order valence-electron chi connectivity index (χ2n) is 3.24. The summed E-state index contributed by atoms with van der Waals surface area (Å²) in [5.74, 6) is 0.579. The van der Waals surface area contributed by atoms with E-state index in [9.17, 15) is 4.79 Å². The fourth-order valence-corrected chi connectivity index (χ4v) is 1.51. The number of carbonyl (C=O) groups excluding carboxylic acids is 1. The normalized spacial score (nSPS) is 19.2. The third kappa shape index (κ3) is 1.96. The lowest BCUT2D eigenvalue weighted by Gasteiger charge is -2.30. The van der Waals surface area contributed by atoms with Crippen LogP contribution >= 0.6 is 0 Å². The van der Waals surface area contributed by atoms with Gasteiger partial charge in [0.05, 0.1) is 5.84 Å². The van der Waals surface area contributed by atoms with Gasteiger partial charge in [-0.1, -0.05) is 0 Å². The average Bonchev–Trinajstić information content (AvgIpc) is 2.04. The highest BCUT2D eigenvalue weighted by molar-refractivity contribution is 5.80. The molecule has 0 aliphatic carbocycles. The molecule has 0 radical (unpaired) electrons. The summed E-state index contributed by atoms with van der Waals surface area (Å²) in [5.41, 5.74) is 5.37. The largest absolute Gasteiger partial charge is 0.387 e. The van der Waals surface area contributed by atoms with Crippen molar-refractivity contribution in [2.24, 2.45) is 11.7 Å². The third-order valence-electron chi connectivity index (χ3n) is 2.38. The maximum Gasteiger partial charge on any atom is 0.219 e. The molecule has 0 atom stereocenters. The van der Waals surface area contributed by atoms with Gasteiger partial charge in [0.25, 0.3) is 0 Å². The second kappa shape index (κ2) is 3.56. The van der Waals surface area contributed by atoms with E-state index >= 15 is 0 Å². The van der Waals surface area contributed by atoms with E-state index in [4.69, 9.17) is 11.1 Å². The number of hydrogen-bond donors (Lipinski definition) is 2. The van der Waals surface area contributed by atoms with E-state index in [2.05, 4.69) is 0 Å². The first kappa shape index (κ1) is 9.03. The predicted molar refractivity (Wildman–Crippen MR) is 46.9 cm³/mol. The van der Waals surface area contributed by atoms with Crippen molar-refractivity contribution in [2.45, 2.75) is 19.8 Å². The van der Waals surface area contributed by atoms with Crippen molar-refractivity contribution in [1.29, 1.82) is 5.41 Å². The van der Waals surface area contributed by atoms with Gasteiger partial charge >= 0.3 is 0 Å². The average molecular weight is 169 g/mol. The van der Waals surface area contributed by atoms with Crippen LogP contribution in [0.5, 0.6) is 0 Å². The van der Waals surface area contributed by atoms with E-state index < -0.39 is 0 Å². The molecule has 1 fully saturated rings. The molecule has 3 N–H and O–H groups in total. The topological polar surface area (TPSA) is 70.2 Å². The zero-order valence-electron chi connectivity index (χ0n) is 7.34. The number of hydrogen-bond acceptors (Lipinski definition) is 2. The van der Waals surface area contributed by atoms with Gasteiger partial charge in [-0.2, -0.15) is 0 Å². The van der Waals surface area contributed by atoms with Crippen molar-refractivity contribution in [3.8, 4) is 0 Å². The maximum absolute atomic E-state index is 10.9. The van der Waals surface area contributed by atoms with Gasteiger partial charge in [-0.25, -0.2) is 0 Å². The van der Waals surface area contributed by atoms with E-state index in [1.54, 1.807) is 11.8 Å². The Morgan fingerprint density at radius 1 is 1.50 bits per heavy atom. The molecule has 0 aromatic carbocycles. The molecular weight excluding hydrogens is 154 g/mol. The van der Waals surface area contributed by atoms with Crippen molar-refractivity contribution in [2.75, 3.05) is 13.1 Å². The Morgan fingerprint density at radius 3 is 2.33 bits per heavy atom. The lowest BCUT2D eigenvalue weighted by molar-refractivity contribution is -0.129. The molecule has 1 aliphatic rings. The van der Waals surface area contributed by atoms with Gasteiger partial charge in [-0.05, 0) is 12.8 Å². The van der Waals surface area contributed by atoms with Crippen LogP contribution in [0.4, 0.5) is 0 Å². The molecule has 1 amide bonds. The zero-order chi connectivity index (χ0) is 9.14. The first-order chi connectivity index (χ1) is 5.61. The highest BCUT2D eigenvalue weighted by Crippen LogP contribution is 2.16. The van der Waals surface area contributed by atoms with Crippen LogP contribution in [0.15, 0.2) is 0 Å². The van der Waals surface area contributed by atoms with Crippen LogP contribution < -0.4 is 5.73 Å². The summed E-state index contributed by atoms with van der Waals surface area (Å²) in [5, 5.41) is 7.24. The Bertz CT molecular complexity index is 172. The van der Waals surface area contributed by atoms with Gasteiger partial charge in [0, 0.05) is 25.9 Å². The van der Waals surface area contributed by atoms with Crippen molar-refractivity contribution >= 4 is 11.7 Å². The molecule has 0 spiro atoms. The molecule has 12 heavy (non-hydrogen) atoms. The summed E-state index contributed by atoms with van der Waals surface area (Å²) in [6.45, 7) is 3.08. The first-order valence-corrected chi connectivity index (χ1v) is 4.20. The molecule has 1 rings (SSSR count). The Balaban J connectivity index is 2.39. The molecule has 0 aromatic rings. The molecular formula is C8H15N3O. The van der Waals surface area contributed by atoms with Gasteiger partial charge in [0.2, 0.25) is 5.91 Å². The van der Waals surface area contributed by atoms with Crippen LogP contribution in [0, 0.1) is 11.3 Å². The quantitative estimate of drug-likeness (QED) is 0.434. The number of amides is 1. The van der Waals surface area contributed by atoms with Gasteiger partial charge in [0.1, 0.15) is 0 Å². The van der Waals surface area contributed by atoms with E-state index in [0.717, 1.165) is 25.9 Å². The molecule has 4 heteroatoms. The number of nitrogens with one attached hydrogen (secondary N) is 1. The maximum atomic E-state index is 10.9. The Hall–Kier alpha value is -1.06. The molecule has 1 heterocycles. The molecule has 0 bridgehead atoms. The van der Waals surface area contributed by atoms with Crippen molar-refractivity contribution < 1.29 is 4.79 Å².